The van der Waals surface area contributed by atoms with E-state index < -0.39 is 0 Å². The highest BCUT2D eigenvalue weighted by molar-refractivity contribution is 6.32. The molecule has 2 aromatic carbocycles. The number of rotatable bonds is 9. The number of methoxy groups -OCH3 is 1. The van der Waals surface area contributed by atoms with Gasteiger partial charge in [0.05, 0.1) is 31.6 Å². The molecule has 0 aliphatic rings. The SMILES string of the molecule is COc1cc(/C=N\NC(C)=O)ccc1OCCCOc1ccccc1Cl. The molecule has 0 aliphatic carbocycles. The van der Waals surface area contributed by atoms with E-state index >= 15 is 0 Å². The van der Waals surface area contributed by atoms with Crippen molar-refractivity contribution in [1.82, 2.24) is 5.43 Å². The number of hydrazone groups is 1. The van der Waals surface area contributed by atoms with E-state index in [1.54, 1.807) is 25.3 Å². The van der Waals surface area contributed by atoms with E-state index in [2.05, 4.69) is 10.5 Å². The fraction of sp³-hybridized carbons (Fsp3) is 0.263. The van der Waals surface area contributed by atoms with E-state index in [1.165, 1.54) is 13.1 Å². The van der Waals surface area contributed by atoms with Gasteiger partial charge in [0.1, 0.15) is 5.75 Å². The number of nitrogens with zero attached hydrogens (tertiary/aromatic N) is 1. The van der Waals surface area contributed by atoms with Gasteiger partial charge in [0.2, 0.25) is 5.91 Å². The van der Waals surface area contributed by atoms with Crippen molar-refractivity contribution in [2.45, 2.75) is 13.3 Å². The summed E-state index contributed by atoms with van der Waals surface area (Å²) in [4.78, 5) is 10.8. The summed E-state index contributed by atoms with van der Waals surface area (Å²) in [5.74, 6) is 1.65. The summed E-state index contributed by atoms with van der Waals surface area (Å²) in [7, 11) is 1.57. The van der Waals surface area contributed by atoms with Crippen LogP contribution in [0, 0.1) is 0 Å². The third kappa shape index (κ3) is 6.29. The number of nitrogens with one attached hydrogen (secondary N) is 1. The lowest BCUT2D eigenvalue weighted by Crippen LogP contribution is -2.12. The molecule has 2 aromatic rings. The number of benzene rings is 2. The summed E-state index contributed by atoms with van der Waals surface area (Å²) >= 11 is 6.03. The molecule has 138 valence electrons. The highest BCUT2D eigenvalue weighted by Gasteiger charge is 2.06. The third-order valence-corrected chi connectivity index (χ3v) is 3.58. The fourth-order valence-electron chi connectivity index (χ4n) is 2.07. The number of hydrogen-bond acceptors (Lipinski definition) is 5. The normalized spacial score (nSPS) is 10.6. The molecular formula is C19H21ClN2O4. The highest BCUT2D eigenvalue weighted by atomic mass is 35.5. The zero-order valence-electron chi connectivity index (χ0n) is 14.7. The van der Waals surface area contributed by atoms with E-state index in [9.17, 15) is 4.79 Å². The summed E-state index contributed by atoms with van der Waals surface area (Å²) in [5, 5.41) is 4.41. The van der Waals surface area contributed by atoms with Crippen LogP contribution in [0.1, 0.15) is 18.9 Å². The largest absolute Gasteiger partial charge is 0.493 e. The molecule has 0 radical (unpaired) electrons. The molecule has 1 N–H and O–H groups in total. The van der Waals surface area contributed by atoms with Gasteiger partial charge >= 0.3 is 0 Å². The Kier molecular flexibility index (Phi) is 7.76. The third-order valence-electron chi connectivity index (χ3n) is 3.26. The molecule has 0 saturated carbocycles. The van der Waals surface area contributed by atoms with Crippen molar-refractivity contribution in [1.29, 1.82) is 0 Å². The Morgan fingerprint density at radius 2 is 1.85 bits per heavy atom. The Labute approximate surface area is 157 Å². The molecule has 1 amide bonds. The molecule has 0 heterocycles. The van der Waals surface area contributed by atoms with Gasteiger partial charge < -0.3 is 14.2 Å². The van der Waals surface area contributed by atoms with Gasteiger partial charge in [-0.15, -0.1) is 0 Å². The first-order valence-electron chi connectivity index (χ1n) is 8.08. The van der Waals surface area contributed by atoms with Crippen LogP contribution in [0.4, 0.5) is 0 Å². The first-order valence-corrected chi connectivity index (χ1v) is 8.45. The topological polar surface area (TPSA) is 69.2 Å². The lowest BCUT2D eigenvalue weighted by atomic mass is 10.2. The van der Waals surface area contributed by atoms with Crippen molar-refractivity contribution in [3.63, 3.8) is 0 Å². The molecule has 6 nitrogen and oxygen atoms in total. The molecule has 0 aliphatic heterocycles. The van der Waals surface area contributed by atoms with Crippen molar-refractivity contribution in [3.05, 3.63) is 53.1 Å². The second-order valence-electron chi connectivity index (χ2n) is 5.32. The minimum absolute atomic E-state index is 0.229. The minimum Gasteiger partial charge on any atom is -0.493 e. The van der Waals surface area contributed by atoms with Gasteiger partial charge in [0.15, 0.2) is 11.5 Å². The van der Waals surface area contributed by atoms with Crippen molar-refractivity contribution >= 4 is 23.7 Å². The lowest BCUT2D eigenvalue weighted by molar-refractivity contribution is -0.118. The van der Waals surface area contributed by atoms with Crippen LogP contribution in [-0.2, 0) is 4.79 Å². The molecule has 0 unspecified atom stereocenters. The van der Waals surface area contributed by atoms with Gasteiger partial charge in [-0.25, -0.2) is 5.43 Å². The number of carbonyl (C=O) groups is 1. The molecule has 0 aromatic heterocycles. The van der Waals surface area contributed by atoms with Gasteiger partial charge in [-0.05, 0) is 35.9 Å². The van der Waals surface area contributed by atoms with Crippen LogP contribution in [0.3, 0.4) is 0 Å². The second-order valence-corrected chi connectivity index (χ2v) is 5.72. The molecule has 26 heavy (non-hydrogen) atoms. The first-order chi connectivity index (χ1) is 12.6. The van der Waals surface area contributed by atoms with Crippen LogP contribution in [0.25, 0.3) is 0 Å². The molecule has 0 fully saturated rings. The minimum atomic E-state index is -0.229. The summed E-state index contributed by atoms with van der Waals surface area (Å²) in [5.41, 5.74) is 3.13. The summed E-state index contributed by atoms with van der Waals surface area (Å²) < 4.78 is 16.7. The van der Waals surface area contributed by atoms with E-state index in [0.29, 0.717) is 41.9 Å². The Morgan fingerprint density at radius 1 is 1.12 bits per heavy atom. The van der Waals surface area contributed by atoms with Gasteiger partial charge in [0.25, 0.3) is 0 Å². The Hall–Kier alpha value is -2.73. The first kappa shape index (κ1) is 19.6. The van der Waals surface area contributed by atoms with Gasteiger partial charge in [-0.2, -0.15) is 5.10 Å². The van der Waals surface area contributed by atoms with Gasteiger partial charge in [0, 0.05) is 13.3 Å². The average Bonchev–Trinajstić information content (AvgIpc) is 2.63. The number of para-hydroxylation sites is 1. The van der Waals surface area contributed by atoms with Gasteiger partial charge in [-0.1, -0.05) is 23.7 Å². The zero-order chi connectivity index (χ0) is 18.8. The zero-order valence-corrected chi connectivity index (χ0v) is 15.5. The summed E-state index contributed by atoms with van der Waals surface area (Å²) in [6.45, 7) is 2.36. The monoisotopic (exact) mass is 376 g/mol. The second kappa shape index (κ2) is 10.3. The van der Waals surface area contributed by atoms with E-state index in [1.807, 2.05) is 24.3 Å². The van der Waals surface area contributed by atoms with E-state index in [4.69, 9.17) is 25.8 Å². The smallest absolute Gasteiger partial charge is 0.236 e. The van der Waals surface area contributed by atoms with E-state index in [-0.39, 0.29) is 5.91 Å². The van der Waals surface area contributed by atoms with Crippen LogP contribution in [0.15, 0.2) is 47.6 Å². The predicted octanol–water partition coefficient (Wildman–Crippen LogP) is 3.67. The molecule has 0 spiro atoms. The Morgan fingerprint density at radius 3 is 2.54 bits per heavy atom. The quantitative estimate of drug-likeness (QED) is 0.412. The predicted molar refractivity (Wildman–Crippen MR) is 101 cm³/mol. The average molecular weight is 377 g/mol. The van der Waals surface area contributed by atoms with Crippen LogP contribution in [0.5, 0.6) is 17.2 Å². The number of ether oxygens (including phenoxy) is 3. The highest BCUT2D eigenvalue weighted by Crippen LogP contribution is 2.28. The molecule has 0 saturated heterocycles. The molecule has 0 bridgehead atoms. The maximum atomic E-state index is 10.8. The van der Waals surface area contributed by atoms with Crippen molar-refractivity contribution in [3.8, 4) is 17.2 Å². The summed E-state index contributed by atoms with van der Waals surface area (Å²) in [6, 6.07) is 12.7. The van der Waals surface area contributed by atoms with Crippen molar-refractivity contribution < 1.29 is 19.0 Å². The molecule has 0 atom stereocenters. The molecule has 2 rings (SSSR count). The Bertz CT molecular complexity index is 765. The number of hydrogen-bond donors (Lipinski definition) is 1. The standard InChI is InChI=1S/C19H21ClN2O4/c1-14(23)22-21-13-15-8-9-18(19(12-15)24-2)26-11-5-10-25-17-7-4-3-6-16(17)20/h3-4,6-9,12-13H,5,10-11H2,1-2H3,(H,22,23)/b21-13-. The summed E-state index contributed by atoms with van der Waals surface area (Å²) in [6.07, 6.45) is 2.23. The van der Waals surface area contributed by atoms with Crippen LogP contribution >= 0.6 is 11.6 Å². The van der Waals surface area contributed by atoms with Crippen molar-refractivity contribution in [2.75, 3.05) is 20.3 Å². The van der Waals surface area contributed by atoms with Crippen LogP contribution in [0.2, 0.25) is 5.02 Å². The number of carbonyl (C=O) groups excluding carboxylic acids is 1. The van der Waals surface area contributed by atoms with E-state index in [0.717, 1.165) is 5.56 Å². The number of halogens is 1. The molecule has 7 heteroatoms. The van der Waals surface area contributed by atoms with Crippen LogP contribution in [-0.4, -0.2) is 32.4 Å². The van der Waals surface area contributed by atoms with Gasteiger partial charge in [-0.3, -0.25) is 4.79 Å². The molecular weight excluding hydrogens is 356 g/mol. The maximum Gasteiger partial charge on any atom is 0.236 e. The number of amides is 1. The van der Waals surface area contributed by atoms with Crippen LogP contribution < -0.4 is 19.6 Å². The van der Waals surface area contributed by atoms with Crippen molar-refractivity contribution in [2.24, 2.45) is 5.10 Å². The maximum absolute atomic E-state index is 10.8. The fourth-order valence-corrected chi connectivity index (χ4v) is 2.26. The lowest BCUT2D eigenvalue weighted by Gasteiger charge is -2.12. The Balaban J connectivity index is 1.82.